The third-order valence-corrected chi connectivity index (χ3v) is 3.51. The lowest BCUT2D eigenvalue weighted by molar-refractivity contribution is 0.561. The molecule has 0 aliphatic heterocycles. The van der Waals surface area contributed by atoms with Gasteiger partial charge >= 0.3 is 5.63 Å². The van der Waals surface area contributed by atoms with E-state index < -0.39 is 0 Å². The van der Waals surface area contributed by atoms with Gasteiger partial charge in [0.05, 0.1) is 0 Å². The standard InChI is InChI=1S/C18H14O2S/c19-18-12-16(15-9-3-4-10-17(15)20-18)14-8-2-1-6-13(14)7-5-11-21/h1-10,12,21H,11H2/b7-5-. The van der Waals surface area contributed by atoms with Crippen LogP contribution in [0.5, 0.6) is 0 Å². The van der Waals surface area contributed by atoms with E-state index >= 15 is 0 Å². The number of para-hydroxylation sites is 1. The van der Waals surface area contributed by atoms with Gasteiger partial charge in [-0.2, -0.15) is 12.6 Å². The van der Waals surface area contributed by atoms with Crippen LogP contribution in [0.1, 0.15) is 5.56 Å². The van der Waals surface area contributed by atoms with Crippen LogP contribution in [0, 0.1) is 0 Å². The molecule has 0 bridgehead atoms. The third-order valence-electron chi connectivity index (χ3n) is 3.30. The molecule has 1 heterocycles. The first-order chi connectivity index (χ1) is 10.3. The monoisotopic (exact) mass is 294 g/mol. The van der Waals surface area contributed by atoms with Crippen LogP contribution in [0.4, 0.5) is 0 Å². The summed E-state index contributed by atoms with van der Waals surface area (Å²) in [4.78, 5) is 11.8. The van der Waals surface area contributed by atoms with Crippen LogP contribution in [0.15, 0.2) is 69.9 Å². The number of benzene rings is 2. The number of thiol groups is 1. The molecule has 1 aromatic heterocycles. The second kappa shape index (κ2) is 6.02. The summed E-state index contributed by atoms with van der Waals surface area (Å²) in [7, 11) is 0. The molecule has 0 spiro atoms. The molecule has 0 aliphatic rings. The van der Waals surface area contributed by atoms with Crippen molar-refractivity contribution in [3.63, 3.8) is 0 Å². The summed E-state index contributed by atoms with van der Waals surface area (Å²) < 4.78 is 5.26. The normalized spacial score (nSPS) is 11.3. The minimum absolute atomic E-state index is 0.336. The van der Waals surface area contributed by atoms with Gasteiger partial charge in [-0.25, -0.2) is 4.79 Å². The smallest absolute Gasteiger partial charge is 0.336 e. The second-order valence-electron chi connectivity index (χ2n) is 4.65. The lowest BCUT2D eigenvalue weighted by atomic mass is 9.97. The molecule has 0 N–H and O–H groups in total. The first-order valence-corrected chi connectivity index (χ1v) is 7.32. The van der Waals surface area contributed by atoms with Gasteiger partial charge in [0.2, 0.25) is 0 Å². The largest absolute Gasteiger partial charge is 0.423 e. The Kier molecular flexibility index (Phi) is 3.93. The van der Waals surface area contributed by atoms with Gasteiger partial charge < -0.3 is 4.42 Å². The van der Waals surface area contributed by atoms with Crippen molar-refractivity contribution in [3.8, 4) is 11.1 Å². The predicted molar refractivity (Wildman–Crippen MR) is 90.8 cm³/mol. The molecule has 21 heavy (non-hydrogen) atoms. The van der Waals surface area contributed by atoms with Gasteiger partial charge in [0.15, 0.2) is 0 Å². The molecular formula is C18H14O2S. The SMILES string of the molecule is O=c1cc(-c2ccccc2/C=C\CS)c2ccccc2o1. The van der Waals surface area contributed by atoms with Crippen molar-refractivity contribution in [2.45, 2.75) is 0 Å². The molecule has 0 aliphatic carbocycles. The number of hydrogen-bond acceptors (Lipinski definition) is 3. The van der Waals surface area contributed by atoms with E-state index in [1.54, 1.807) is 6.07 Å². The fourth-order valence-corrected chi connectivity index (χ4v) is 2.51. The van der Waals surface area contributed by atoms with Crippen LogP contribution in [0.2, 0.25) is 0 Å². The van der Waals surface area contributed by atoms with E-state index in [1.807, 2.05) is 60.7 Å². The maximum Gasteiger partial charge on any atom is 0.336 e. The van der Waals surface area contributed by atoms with Crippen LogP contribution in [-0.4, -0.2) is 5.75 Å². The first kappa shape index (κ1) is 13.7. The van der Waals surface area contributed by atoms with E-state index in [1.165, 1.54) is 0 Å². The van der Waals surface area contributed by atoms with Gasteiger partial charge in [-0.3, -0.25) is 0 Å². The Labute approximate surface area is 128 Å². The summed E-state index contributed by atoms with van der Waals surface area (Å²) in [6, 6.07) is 17.1. The molecule has 0 amide bonds. The molecule has 3 rings (SSSR count). The summed E-state index contributed by atoms with van der Waals surface area (Å²) in [6.07, 6.45) is 4.00. The predicted octanol–water partition coefficient (Wildman–Crippen LogP) is 4.40. The molecule has 0 unspecified atom stereocenters. The zero-order valence-electron chi connectivity index (χ0n) is 11.3. The molecule has 2 aromatic carbocycles. The highest BCUT2D eigenvalue weighted by molar-refractivity contribution is 7.80. The van der Waals surface area contributed by atoms with Gasteiger partial charge in [0, 0.05) is 22.8 Å². The number of fused-ring (bicyclic) bond motifs is 1. The fraction of sp³-hybridized carbons (Fsp3) is 0.0556. The van der Waals surface area contributed by atoms with E-state index in [-0.39, 0.29) is 5.63 Å². The van der Waals surface area contributed by atoms with Gasteiger partial charge in [0.1, 0.15) is 5.58 Å². The molecule has 0 saturated carbocycles. The minimum atomic E-state index is -0.336. The quantitative estimate of drug-likeness (QED) is 0.573. The Hall–Kier alpha value is -2.26. The molecule has 0 atom stereocenters. The Morgan fingerprint density at radius 1 is 1.00 bits per heavy atom. The van der Waals surface area contributed by atoms with Gasteiger partial charge in [-0.15, -0.1) is 0 Å². The van der Waals surface area contributed by atoms with Crippen molar-refractivity contribution in [1.82, 2.24) is 0 Å². The van der Waals surface area contributed by atoms with Crippen molar-refractivity contribution in [3.05, 3.63) is 76.7 Å². The topological polar surface area (TPSA) is 30.2 Å². The molecule has 0 saturated heterocycles. The molecule has 2 nitrogen and oxygen atoms in total. The zero-order chi connectivity index (χ0) is 14.7. The van der Waals surface area contributed by atoms with Crippen molar-refractivity contribution >= 4 is 29.7 Å². The third kappa shape index (κ3) is 2.78. The Bertz CT molecular complexity index is 862. The summed E-state index contributed by atoms with van der Waals surface area (Å²) in [5, 5.41) is 0.934. The molecule has 3 heteroatoms. The van der Waals surface area contributed by atoms with Gasteiger partial charge in [-0.05, 0) is 17.2 Å². The van der Waals surface area contributed by atoms with Crippen molar-refractivity contribution < 1.29 is 4.42 Å². The number of hydrogen-bond donors (Lipinski definition) is 1. The molecule has 0 fully saturated rings. The fourth-order valence-electron chi connectivity index (χ4n) is 2.40. The zero-order valence-corrected chi connectivity index (χ0v) is 12.2. The maximum atomic E-state index is 11.8. The van der Waals surface area contributed by atoms with Crippen LogP contribution in [0.3, 0.4) is 0 Å². The van der Waals surface area contributed by atoms with Gasteiger partial charge in [-0.1, -0.05) is 54.6 Å². The minimum Gasteiger partial charge on any atom is -0.423 e. The van der Waals surface area contributed by atoms with Crippen molar-refractivity contribution in [2.24, 2.45) is 0 Å². The Balaban J connectivity index is 2.31. The highest BCUT2D eigenvalue weighted by atomic mass is 32.1. The van der Waals surface area contributed by atoms with Crippen molar-refractivity contribution in [2.75, 3.05) is 5.75 Å². The van der Waals surface area contributed by atoms with Crippen LogP contribution >= 0.6 is 12.6 Å². The Morgan fingerprint density at radius 3 is 2.62 bits per heavy atom. The van der Waals surface area contributed by atoms with E-state index in [2.05, 4.69) is 12.6 Å². The average molecular weight is 294 g/mol. The second-order valence-corrected chi connectivity index (χ2v) is 5.01. The summed E-state index contributed by atoms with van der Waals surface area (Å²) >= 11 is 4.20. The van der Waals surface area contributed by atoms with E-state index in [0.717, 1.165) is 22.1 Å². The number of rotatable bonds is 3. The summed E-state index contributed by atoms with van der Waals surface area (Å²) in [6.45, 7) is 0. The first-order valence-electron chi connectivity index (χ1n) is 6.69. The molecular weight excluding hydrogens is 280 g/mol. The maximum absolute atomic E-state index is 11.8. The average Bonchev–Trinajstić information content (AvgIpc) is 2.52. The summed E-state index contributed by atoms with van der Waals surface area (Å²) in [5.74, 6) is 0.673. The van der Waals surface area contributed by atoms with Crippen molar-refractivity contribution in [1.29, 1.82) is 0 Å². The molecule has 0 radical (unpaired) electrons. The van der Waals surface area contributed by atoms with E-state index in [0.29, 0.717) is 11.3 Å². The van der Waals surface area contributed by atoms with Crippen LogP contribution < -0.4 is 5.63 Å². The van der Waals surface area contributed by atoms with Crippen LogP contribution in [-0.2, 0) is 0 Å². The Morgan fingerprint density at radius 2 is 1.76 bits per heavy atom. The van der Waals surface area contributed by atoms with E-state index in [9.17, 15) is 4.79 Å². The lowest BCUT2D eigenvalue weighted by Crippen LogP contribution is -1.98. The molecule has 104 valence electrons. The molecule has 3 aromatic rings. The summed E-state index contributed by atoms with van der Waals surface area (Å²) in [5.41, 5.74) is 3.23. The van der Waals surface area contributed by atoms with E-state index in [4.69, 9.17) is 4.42 Å². The highest BCUT2D eigenvalue weighted by Crippen LogP contribution is 2.30. The van der Waals surface area contributed by atoms with Gasteiger partial charge in [0.25, 0.3) is 0 Å². The lowest BCUT2D eigenvalue weighted by Gasteiger charge is -2.08. The van der Waals surface area contributed by atoms with Crippen LogP contribution in [0.25, 0.3) is 28.2 Å². The highest BCUT2D eigenvalue weighted by Gasteiger charge is 2.09.